The lowest BCUT2D eigenvalue weighted by Gasteiger charge is -2.52. The first-order valence-electron chi connectivity index (χ1n) is 12.8. The largest absolute Gasteiger partial charge is 0.458 e. The Labute approximate surface area is 225 Å². The Morgan fingerprint density at radius 1 is 0.711 bits per heavy atom. The summed E-state index contributed by atoms with van der Waals surface area (Å²) in [6.45, 7) is 9.73. The van der Waals surface area contributed by atoms with E-state index >= 15 is 0 Å². The van der Waals surface area contributed by atoms with Crippen molar-refractivity contribution in [1.82, 2.24) is 0 Å². The zero-order chi connectivity index (χ0) is 28.0. The maximum atomic E-state index is 14.7. The van der Waals surface area contributed by atoms with Crippen LogP contribution in [0.2, 0.25) is 0 Å². The molecule has 0 fully saturated rings. The number of carbonyl (C=O) groups excluding carboxylic acids is 2. The molecule has 0 aliphatic rings. The quantitative estimate of drug-likeness (QED) is 0.174. The highest BCUT2D eigenvalue weighted by molar-refractivity contribution is 5.87. The Hall–Kier alpha value is -3.53. The molecule has 0 amide bonds. The molecule has 0 radical (unpaired) electrons. The smallest absolute Gasteiger partial charge is 0.340 e. The normalized spacial score (nSPS) is 13.8. The van der Waals surface area contributed by atoms with Gasteiger partial charge in [0.2, 0.25) is 0 Å². The highest BCUT2D eigenvalue weighted by atomic mass is 19.1. The van der Waals surface area contributed by atoms with Crippen molar-refractivity contribution in [3.63, 3.8) is 0 Å². The van der Waals surface area contributed by atoms with Gasteiger partial charge in [-0.15, -0.1) is 0 Å². The van der Waals surface area contributed by atoms with Crippen LogP contribution in [0.15, 0.2) is 96.6 Å². The average molecular weight is 517 g/mol. The molecule has 0 aliphatic carbocycles. The minimum Gasteiger partial charge on any atom is -0.458 e. The molecular formula is C33H37FO4. The fourth-order valence-electron chi connectivity index (χ4n) is 5.07. The SMILES string of the molecule is CC(C)(C)OC(=O)C(CC(=C=O)CF)(OC(C)(C)C)C(c1ccccc1)(c1ccccc1)c1ccccc1. The van der Waals surface area contributed by atoms with Gasteiger partial charge in [0.15, 0.2) is 5.60 Å². The molecule has 0 spiro atoms. The van der Waals surface area contributed by atoms with Crippen molar-refractivity contribution in [2.75, 3.05) is 6.67 Å². The number of benzene rings is 3. The molecule has 5 heteroatoms. The van der Waals surface area contributed by atoms with Crippen LogP contribution < -0.4 is 0 Å². The van der Waals surface area contributed by atoms with E-state index < -0.39 is 34.9 Å². The van der Waals surface area contributed by atoms with Crippen molar-refractivity contribution in [2.45, 2.75) is 70.2 Å². The van der Waals surface area contributed by atoms with E-state index in [-0.39, 0.29) is 12.0 Å². The van der Waals surface area contributed by atoms with Crippen LogP contribution in [0.4, 0.5) is 4.39 Å². The van der Waals surface area contributed by atoms with Crippen LogP contribution in [-0.4, -0.2) is 35.4 Å². The number of ether oxygens (including phenoxy) is 2. The summed E-state index contributed by atoms with van der Waals surface area (Å²) in [5.74, 6) is 1.04. The lowest BCUT2D eigenvalue weighted by molar-refractivity contribution is -0.210. The molecule has 200 valence electrons. The van der Waals surface area contributed by atoms with Crippen LogP contribution in [0.25, 0.3) is 0 Å². The third kappa shape index (κ3) is 5.96. The van der Waals surface area contributed by atoms with Gasteiger partial charge in [0, 0.05) is 12.0 Å². The second-order valence-electron chi connectivity index (χ2n) is 11.4. The molecule has 3 aromatic carbocycles. The highest BCUT2D eigenvalue weighted by Crippen LogP contribution is 2.54. The predicted molar refractivity (Wildman–Crippen MR) is 148 cm³/mol. The van der Waals surface area contributed by atoms with Crippen LogP contribution in [0.1, 0.15) is 64.7 Å². The number of carbonyl (C=O) groups is 1. The van der Waals surface area contributed by atoms with E-state index in [4.69, 9.17) is 9.47 Å². The molecular weight excluding hydrogens is 479 g/mol. The van der Waals surface area contributed by atoms with E-state index in [0.29, 0.717) is 0 Å². The minimum absolute atomic E-state index is 0.215. The van der Waals surface area contributed by atoms with Crippen molar-refractivity contribution in [3.8, 4) is 0 Å². The molecule has 1 unspecified atom stereocenters. The van der Waals surface area contributed by atoms with Gasteiger partial charge in [-0.3, -0.25) is 0 Å². The van der Waals surface area contributed by atoms with Gasteiger partial charge in [-0.25, -0.2) is 14.0 Å². The Balaban J connectivity index is 2.65. The first-order chi connectivity index (χ1) is 17.9. The Kier molecular flexibility index (Phi) is 8.76. The summed E-state index contributed by atoms with van der Waals surface area (Å²) in [6, 6.07) is 28.5. The molecule has 3 aromatic rings. The van der Waals surface area contributed by atoms with Crippen molar-refractivity contribution in [1.29, 1.82) is 0 Å². The van der Waals surface area contributed by atoms with E-state index in [1.165, 1.54) is 0 Å². The van der Waals surface area contributed by atoms with E-state index in [1.807, 2.05) is 112 Å². The lowest BCUT2D eigenvalue weighted by atomic mass is 9.57. The first-order valence-corrected chi connectivity index (χ1v) is 12.8. The van der Waals surface area contributed by atoms with Crippen LogP contribution in [0.3, 0.4) is 0 Å². The van der Waals surface area contributed by atoms with Gasteiger partial charge in [-0.05, 0) is 58.2 Å². The van der Waals surface area contributed by atoms with Gasteiger partial charge in [-0.2, -0.15) is 0 Å². The van der Waals surface area contributed by atoms with Crippen LogP contribution in [0, 0.1) is 0 Å². The molecule has 1 atom stereocenters. The van der Waals surface area contributed by atoms with E-state index in [1.54, 1.807) is 26.7 Å². The number of halogens is 1. The third-order valence-corrected chi connectivity index (χ3v) is 6.20. The maximum Gasteiger partial charge on any atom is 0.340 e. The third-order valence-electron chi connectivity index (χ3n) is 6.20. The Morgan fingerprint density at radius 3 is 1.39 bits per heavy atom. The summed E-state index contributed by atoms with van der Waals surface area (Å²) in [7, 11) is 0. The second kappa shape index (κ2) is 11.5. The number of alkyl halides is 1. The number of esters is 1. The van der Waals surface area contributed by atoms with Crippen molar-refractivity contribution < 1.29 is 23.5 Å². The van der Waals surface area contributed by atoms with Crippen molar-refractivity contribution in [2.24, 2.45) is 0 Å². The fraction of sp³-hybridized carbons (Fsp3) is 0.364. The lowest BCUT2D eigenvalue weighted by Crippen LogP contribution is -2.64. The minimum atomic E-state index is -1.90. The summed E-state index contributed by atoms with van der Waals surface area (Å²) in [5.41, 5.74) is -3.05. The molecule has 0 heterocycles. The predicted octanol–water partition coefficient (Wildman–Crippen LogP) is 7.03. The molecule has 0 aliphatic heterocycles. The molecule has 0 aromatic heterocycles. The van der Waals surface area contributed by atoms with E-state index in [0.717, 1.165) is 16.7 Å². The van der Waals surface area contributed by atoms with Gasteiger partial charge in [-0.1, -0.05) is 91.0 Å². The van der Waals surface area contributed by atoms with Gasteiger partial charge in [0.1, 0.15) is 18.2 Å². The zero-order valence-electron chi connectivity index (χ0n) is 23.1. The first kappa shape index (κ1) is 29.0. The van der Waals surface area contributed by atoms with Gasteiger partial charge in [0.05, 0.1) is 11.0 Å². The number of hydrogen-bond acceptors (Lipinski definition) is 4. The summed E-state index contributed by atoms with van der Waals surface area (Å²) >= 11 is 0. The number of rotatable bonds is 9. The molecule has 0 saturated carbocycles. The topological polar surface area (TPSA) is 52.6 Å². The Bertz CT molecular complexity index is 1150. The van der Waals surface area contributed by atoms with Crippen molar-refractivity contribution >= 4 is 11.9 Å². The van der Waals surface area contributed by atoms with E-state index in [9.17, 15) is 14.0 Å². The molecule has 0 saturated heterocycles. The molecule has 4 nitrogen and oxygen atoms in total. The average Bonchev–Trinajstić information content (AvgIpc) is 2.87. The standard InChI is InChI=1S/C33H37FO4/c1-30(2,3)37-29(36)32(38-31(4,5)6,22-25(23-34)24-35)33(26-16-10-7-11-17-26,27-18-12-8-13-19-27)28-20-14-9-15-21-28/h7-21H,22-23H2,1-6H3. The van der Waals surface area contributed by atoms with Crippen LogP contribution in [0.5, 0.6) is 0 Å². The summed E-state index contributed by atoms with van der Waals surface area (Å²) in [5, 5.41) is 0. The summed E-state index contributed by atoms with van der Waals surface area (Å²) < 4.78 is 27.2. The molecule has 0 N–H and O–H groups in total. The fourth-order valence-corrected chi connectivity index (χ4v) is 5.07. The van der Waals surface area contributed by atoms with Gasteiger partial charge >= 0.3 is 5.97 Å². The second-order valence-corrected chi connectivity index (χ2v) is 11.4. The maximum absolute atomic E-state index is 14.7. The van der Waals surface area contributed by atoms with Crippen molar-refractivity contribution in [3.05, 3.63) is 113 Å². The monoisotopic (exact) mass is 516 g/mol. The zero-order valence-corrected chi connectivity index (χ0v) is 23.1. The summed E-state index contributed by atoms with van der Waals surface area (Å²) in [6.07, 6.45) is -0.363. The summed E-state index contributed by atoms with van der Waals surface area (Å²) in [4.78, 5) is 26.7. The Morgan fingerprint density at radius 2 is 1.11 bits per heavy atom. The van der Waals surface area contributed by atoms with Gasteiger partial charge < -0.3 is 9.47 Å². The highest BCUT2D eigenvalue weighted by Gasteiger charge is 2.63. The molecule has 0 bridgehead atoms. The van der Waals surface area contributed by atoms with E-state index in [2.05, 4.69) is 0 Å². The van der Waals surface area contributed by atoms with Gasteiger partial charge in [0.25, 0.3) is 0 Å². The van der Waals surface area contributed by atoms with Crippen LogP contribution in [-0.2, 0) is 24.5 Å². The number of hydrogen-bond donors (Lipinski definition) is 0. The molecule has 38 heavy (non-hydrogen) atoms. The van der Waals surface area contributed by atoms with Crippen LogP contribution >= 0.6 is 0 Å². The molecule has 3 rings (SSSR count).